The lowest BCUT2D eigenvalue weighted by Gasteiger charge is -2.23. The van der Waals surface area contributed by atoms with Crippen LogP contribution >= 0.6 is 0 Å². The van der Waals surface area contributed by atoms with Gasteiger partial charge in [0.05, 0.1) is 0 Å². The van der Waals surface area contributed by atoms with E-state index in [0.717, 1.165) is 0 Å². The third kappa shape index (κ3) is 2.94. The molecule has 0 aromatic rings. The van der Waals surface area contributed by atoms with Gasteiger partial charge >= 0.3 is 0 Å². The summed E-state index contributed by atoms with van der Waals surface area (Å²) < 4.78 is 13.8. The maximum atomic E-state index is 13.8. The predicted molar refractivity (Wildman–Crippen MR) is 53.8 cm³/mol. The molecule has 1 atom stereocenters. The third-order valence-corrected chi connectivity index (χ3v) is 2.29. The SMILES string of the molecule is CC(C)(C)CNC(=O)C1(F)CCNC1. The molecule has 0 aromatic carbocycles. The molecular formula is C10H19FN2O. The minimum Gasteiger partial charge on any atom is -0.353 e. The van der Waals surface area contributed by atoms with Gasteiger partial charge in [-0.2, -0.15) is 0 Å². The number of amides is 1. The Morgan fingerprint density at radius 3 is 2.64 bits per heavy atom. The number of nitrogens with one attached hydrogen (secondary N) is 2. The van der Waals surface area contributed by atoms with Gasteiger partial charge in [0, 0.05) is 19.5 Å². The van der Waals surface area contributed by atoms with Gasteiger partial charge in [-0.25, -0.2) is 4.39 Å². The quantitative estimate of drug-likeness (QED) is 0.697. The van der Waals surface area contributed by atoms with Gasteiger partial charge in [-0.15, -0.1) is 0 Å². The largest absolute Gasteiger partial charge is 0.353 e. The Morgan fingerprint density at radius 2 is 2.21 bits per heavy atom. The van der Waals surface area contributed by atoms with Gasteiger partial charge in [-0.05, 0) is 12.0 Å². The highest BCUT2D eigenvalue weighted by Gasteiger charge is 2.41. The second-order valence-electron chi connectivity index (χ2n) is 5.14. The highest BCUT2D eigenvalue weighted by Crippen LogP contribution is 2.20. The van der Waals surface area contributed by atoms with Crippen LogP contribution in [0.15, 0.2) is 0 Å². The van der Waals surface area contributed by atoms with Crippen LogP contribution in [0.2, 0.25) is 0 Å². The van der Waals surface area contributed by atoms with Crippen LogP contribution in [-0.2, 0) is 4.79 Å². The average Bonchev–Trinajstić information content (AvgIpc) is 2.48. The summed E-state index contributed by atoms with van der Waals surface area (Å²) in [5.74, 6) is -0.475. The van der Waals surface area contributed by atoms with Crippen molar-refractivity contribution in [2.24, 2.45) is 5.41 Å². The third-order valence-electron chi connectivity index (χ3n) is 2.29. The smallest absolute Gasteiger partial charge is 0.259 e. The fourth-order valence-electron chi connectivity index (χ4n) is 1.36. The van der Waals surface area contributed by atoms with Gasteiger partial charge in [0.25, 0.3) is 5.91 Å². The molecule has 1 fully saturated rings. The lowest BCUT2D eigenvalue weighted by Crippen LogP contribution is -2.47. The summed E-state index contributed by atoms with van der Waals surface area (Å²) in [4.78, 5) is 11.5. The minimum absolute atomic E-state index is 0.00193. The number of carbonyl (C=O) groups is 1. The van der Waals surface area contributed by atoms with Crippen LogP contribution in [0.1, 0.15) is 27.2 Å². The lowest BCUT2D eigenvalue weighted by molar-refractivity contribution is -0.132. The summed E-state index contributed by atoms with van der Waals surface area (Å²) in [5, 5.41) is 5.51. The van der Waals surface area contributed by atoms with Crippen LogP contribution in [0.25, 0.3) is 0 Å². The van der Waals surface area contributed by atoms with Crippen LogP contribution < -0.4 is 10.6 Å². The minimum atomic E-state index is -1.69. The number of alkyl halides is 1. The van der Waals surface area contributed by atoms with E-state index in [9.17, 15) is 9.18 Å². The fourth-order valence-corrected chi connectivity index (χ4v) is 1.36. The Morgan fingerprint density at radius 1 is 1.57 bits per heavy atom. The number of halogens is 1. The van der Waals surface area contributed by atoms with E-state index in [-0.39, 0.29) is 18.4 Å². The Labute approximate surface area is 84.4 Å². The highest BCUT2D eigenvalue weighted by molar-refractivity contribution is 5.85. The van der Waals surface area contributed by atoms with Crippen molar-refractivity contribution >= 4 is 5.91 Å². The summed E-state index contributed by atoms with van der Waals surface area (Å²) in [6.45, 7) is 7.25. The fraction of sp³-hybridized carbons (Fsp3) is 0.900. The van der Waals surface area contributed by atoms with Gasteiger partial charge in [0.2, 0.25) is 5.67 Å². The Balaban J connectivity index is 2.42. The molecule has 0 aromatic heterocycles. The van der Waals surface area contributed by atoms with Crippen molar-refractivity contribution in [3.8, 4) is 0 Å². The first-order chi connectivity index (χ1) is 6.33. The van der Waals surface area contributed by atoms with Crippen LogP contribution in [0.5, 0.6) is 0 Å². The zero-order chi connectivity index (χ0) is 10.8. The second kappa shape index (κ2) is 3.85. The predicted octanol–water partition coefficient (Wildman–Crippen LogP) is 0.850. The molecule has 14 heavy (non-hydrogen) atoms. The molecule has 1 aliphatic rings. The molecule has 0 bridgehead atoms. The molecule has 0 spiro atoms. The highest BCUT2D eigenvalue weighted by atomic mass is 19.1. The molecule has 82 valence electrons. The summed E-state index contributed by atoms with van der Waals surface area (Å²) in [6.07, 6.45) is 0.281. The van der Waals surface area contributed by atoms with E-state index in [0.29, 0.717) is 13.1 Å². The van der Waals surface area contributed by atoms with Gasteiger partial charge < -0.3 is 10.6 Å². The van der Waals surface area contributed by atoms with Crippen molar-refractivity contribution in [2.75, 3.05) is 19.6 Å². The van der Waals surface area contributed by atoms with Crippen molar-refractivity contribution in [1.82, 2.24) is 10.6 Å². The summed E-state index contributed by atoms with van der Waals surface area (Å²) in [6, 6.07) is 0. The zero-order valence-corrected chi connectivity index (χ0v) is 9.11. The van der Waals surface area contributed by atoms with E-state index in [2.05, 4.69) is 10.6 Å². The van der Waals surface area contributed by atoms with Crippen molar-refractivity contribution < 1.29 is 9.18 Å². The number of hydrogen-bond donors (Lipinski definition) is 2. The summed E-state index contributed by atoms with van der Waals surface area (Å²) in [5.41, 5.74) is -1.69. The van der Waals surface area contributed by atoms with E-state index < -0.39 is 11.6 Å². The molecule has 4 heteroatoms. The molecule has 1 amide bonds. The first kappa shape index (κ1) is 11.4. The maximum absolute atomic E-state index is 13.8. The number of carbonyl (C=O) groups excluding carboxylic acids is 1. The number of hydrogen-bond acceptors (Lipinski definition) is 2. The molecule has 1 saturated heterocycles. The molecule has 0 aliphatic carbocycles. The van der Waals surface area contributed by atoms with Gasteiger partial charge in [0.15, 0.2) is 0 Å². The van der Waals surface area contributed by atoms with Gasteiger partial charge in [-0.1, -0.05) is 20.8 Å². The normalized spacial score (nSPS) is 27.7. The van der Waals surface area contributed by atoms with Crippen LogP contribution in [0.3, 0.4) is 0 Å². The number of rotatable bonds is 2. The van der Waals surface area contributed by atoms with Crippen LogP contribution in [0, 0.1) is 5.41 Å². The van der Waals surface area contributed by atoms with E-state index in [4.69, 9.17) is 0 Å². The summed E-state index contributed by atoms with van der Waals surface area (Å²) in [7, 11) is 0. The molecule has 1 heterocycles. The Hall–Kier alpha value is -0.640. The van der Waals surface area contributed by atoms with E-state index in [1.165, 1.54) is 0 Å². The van der Waals surface area contributed by atoms with Gasteiger partial charge in [-0.3, -0.25) is 4.79 Å². The Kier molecular flexibility index (Phi) is 3.14. The molecule has 1 unspecified atom stereocenters. The van der Waals surface area contributed by atoms with E-state index >= 15 is 0 Å². The molecule has 1 aliphatic heterocycles. The first-order valence-corrected chi connectivity index (χ1v) is 5.01. The zero-order valence-electron chi connectivity index (χ0n) is 9.11. The second-order valence-corrected chi connectivity index (χ2v) is 5.14. The molecule has 3 nitrogen and oxygen atoms in total. The van der Waals surface area contributed by atoms with Crippen LogP contribution in [0.4, 0.5) is 4.39 Å². The van der Waals surface area contributed by atoms with Crippen molar-refractivity contribution in [3.05, 3.63) is 0 Å². The monoisotopic (exact) mass is 202 g/mol. The van der Waals surface area contributed by atoms with Crippen LogP contribution in [-0.4, -0.2) is 31.2 Å². The summed E-state index contributed by atoms with van der Waals surface area (Å²) >= 11 is 0. The lowest BCUT2D eigenvalue weighted by atomic mass is 9.96. The van der Waals surface area contributed by atoms with E-state index in [1.54, 1.807) is 0 Å². The molecule has 0 radical (unpaired) electrons. The molecular weight excluding hydrogens is 183 g/mol. The van der Waals surface area contributed by atoms with Gasteiger partial charge in [0.1, 0.15) is 0 Å². The first-order valence-electron chi connectivity index (χ1n) is 5.01. The topological polar surface area (TPSA) is 41.1 Å². The maximum Gasteiger partial charge on any atom is 0.259 e. The van der Waals surface area contributed by atoms with Crippen molar-refractivity contribution in [2.45, 2.75) is 32.9 Å². The Bertz CT molecular complexity index is 217. The van der Waals surface area contributed by atoms with Crippen molar-refractivity contribution in [3.63, 3.8) is 0 Å². The van der Waals surface area contributed by atoms with Crippen molar-refractivity contribution in [1.29, 1.82) is 0 Å². The standard InChI is InChI=1S/C10H19FN2O/c1-9(2,3)6-13-8(14)10(11)4-5-12-7-10/h12H,4-7H2,1-3H3,(H,13,14). The average molecular weight is 202 g/mol. The molecule has 0 saturated carbocycles. The molecule has 1 rings (SSSR count). The molecule has 2 N–H and O–H groups in total. The van der Waals surface area contributed by atoms with E-state index in [1.807, 2.05) is 20.8 Å².